The molecule has 36 heavy (non-hydrogen) atoms. The van der Waals surface area contributed by atoms with Crippen LogP contribution in [-0.2, 0) is 26.7 Å². The summed E-state index contributed by atoms with van der Waals surface area (Å²) in [6.07, 6.45) is -0.512. The van der Waals surface area contributed by atoms with Gasteiger partial charge in [0, 0.05) is 6.54 Å². The minimum absolute atomic E-state index is 0.151. The zero-order valence-electron chi connectivity index (χ0n) is 20.9. The average Bonchev–Trinajstić information content (AvgIpc) is 2.83. The van der Waals surface area contributed by atoms with E-state index >= 15 is 0 Å². The van der Waals surface area contributed by atoms with Crippen LogP contribution < -0.4 is 14.4 Å². The Labute approximate surface area is 212 Å². The second kappa shape index (κ2) is 9.93. The first-order valence-corrected chi connectivity index (χ1v) is 13.3. The number of ether oxygens (including phenoxy) is 1. The van der Waals surface area contributed by atoms with Crippen molar-refractivity contribution < 1.29 is 22.3 Å². The number of sulfonamides is 1. The molecule has 0 unspecified atom stereocenters. The van der Waals surface area contributed by atoms with E-state index in [0.717, 1.165) is 16.7 Å². The van der Waals surface area contributed by atoms with Crippen LogP contribution in [0.5, 0.6) is 5.75 Å². The molecule has 1 atom stereocenters. The number of aryl methyl sites for hydroxylation is 1. The van der Waals surface area contributed by atoms with Crippen LogP contribution >= 0.6 is 0 Å². The van der Waals surface area contributed by atoms with Crippen LogP contribution in [0.2, 0.25) is 0 Å². The number of halogens is 1. The Balaban J connectivity index is 1.61. The van der Waals surface area contributed by atoms with Gasteiger partial charge in [0.1, 0.15) is 11.6 Å². The molecule has 1 aliphatic heterocycles. The number of carbonyl (C=O) groups excluding carboxylic acids is 1. The summed E-state index contributed by atoms with van der Waals surface area (Å²) < 4.78 is 47.8. The van der Waals surface area contributed by atoms with E-state index in [4.69, 9.17) is 4.74 Å². The maximum absolute atomic E-state index is 13.7. The first-order chi connectivity index (χ1) is 16.9. The molecule has 1 N–H and O–H groups in total. The lowest BCUT2D eigenvalue weighted by Gasteiger charge is -2.36. The molecule has 4 rings (SSSR count). The highest BCUT2D eigenvalue weighted by Gasteiger charge is 2.38. The summed E-state index contributed by atoms with van der Waals surface area (Å²) in [5, 5.41) is 2.82. The van der Waals surface area contributed by atoms with Gasteiger partial charge in [0.2, 0.25) is 0 Å². The lowest BCUT2D eigenvalue weighted by molar-refractivity contribution is -0.127. The Kier molecular flexibility index (Phi) is 7.09. The summed E-state index contributed by atoms with van der Waals surface area (Å²) in [5.74, 6) is -0.392. The largest absolute Gasteiger partial charge is 0.476 e. The molecule has 1 aliphatic rings. The summed E-state index contributed by atoms with van der Waals surface area (Å²) in [6.45, 7) is 8.20. The first kappa shape index (κ1) is 25.7. The lowest BCUT2D eigenvalue weighted by Crippen LogP contribution is -2.51. The minimum Gasteiger partial charge on any atom is -0.476 e. The molecule has 0 aromatic heterocycles. The van der Waals surface area contributed by atoms with Crippen LogP contribution in [0.1, 0.15) is 37.5 Å². The minimum atomic E-state index is -3.95. The predicted molar refractivity (Wildman–Crippen MR) is 138 cm³/mol. The molecule has 190 valence electrons. The molecular formula is C28H31FN2O4S. The molecule has 0 spiro atoms. The van der Waals surface area contributed by atoms with E-state index in [9.17, 15) is 17.6 Å². The van der Waals surface area contributed by atoms with Crippen molar-refractivity contribution in [2.75, 3.05) is 17.4 Å². The summed E-state index contributed by atoms with van der Waals surface area (Å²) >= 11 is 0. The number of nitrogens with zero attached hydrogens (tertiary/aromatic N) is 1. The number of hydrogen-bond acceptors (Lipinski definition) is 4. The van der Waals surface area contributed by atoms with E-state index in [1.807, 2.05) is 19.1 Å². The van der Waals surface area contributed by atoms with Crippen LogP contribution in [0.4, 0.5) is 10.1 Å². The van der Waals surface area contributed by atoms with E-state index in [0.29, 0.717) is 24.4 Å². The van der Waals surface area contributed by atoms with Crippen molar-refractivity contribution in [1.82, 2.24) is 5.32 Å². The van der Waals surface area contributed by atoms with Crippen molar-refractivity contribution in [2.24, 2.45) is 0 Å². The summed E-state index contributed by atoms with van der Waals surface area (Å²) in [6, 6.07) is 18.2. The summed E-state index contributed by atoms with van der Waals surface area (Å²) in [4.78, 5) is 13.2. The number of carbonyl (C=O) groups is 1. The molecule has 6 nitrogen and oxygen atoms in total. The molecule has 0 saturated carbocycles. The van der Waals surface area contributed by atoms with Gasteiger partial charge in [-0.2, -0.15) is 0 Å². The second-order valence-corrected chi connectivity index (χ2v) is 11.9. The van der Waals surface area contributed by atoms with E-state index in [1.54, 1.807) is 42.5 Å². The number of anilines is 1. The fraction of sp³-hybridized carbons (Fsp3) is 0.321. The molecular weight excluding hydrogens is 479 g/mol. The molecule has 0 fully saturated rings. The maximum Gasteiger partial charge on any atom is 0.264 e. The highest BCUT2D eigenvalue weighted by molar-refractivity contribution is 7.92. The van der Waals surface area contributed by atoms with E-state index in [2.05, 4.69) is 26.1 Å². The Morgan fingerprint density at radius 3 is 2.36 bits per heavy atom. The fourth-order valence-corrected chi connectivity index (χ4v) is 5.48. The highest BCUT2D eigenvalue weighted by atomic mass is 32.2. The molecule has 1 amide bonds. The number of amides is 1. The van der Waals surface area contributed by atoms with Crippen LogP contribution in [-0.4, -0.2) is 33.5 Å². The van der Waals surface area contributed by atoms with Gasteiger partial charge < -0.3 is 10.1 Å². The van der Waals surface area contributed by atoms with Crippen LogP contribution in [0.3, 0.4) is 0 Å². The third-order valence-corrected chi connectivity index (χ3v) is 8.02. The molecule has 3 aromatic carbocycles. The number of hydrogen-bond donors (Lipinski definition) is 1. The highest BCUT2D eigenvalue weighted by Crippen LogP contribution is 2.40. The van der Waals surface area contributed by atoms with Crippen LogP contribution in [0, 0.1) is 12.7 Å². The van der Waals surface area contributed by atoms with Gasteiger partial charge in [-0.25, -0.2) is 12.8 Å². The van der Waals surface area contributed by atoms with Gasteiger partial charge in [-0.05, 0) is 66.3 Å². The Hall–Kier alpha value is -3.39. The monoisotopic (exact) mass is 510 g/mol. The molecule has 3 aromatic rings. The number of rotatable bonds is 6. The van der Waals surface area contributed by atoms with Crippen molar-refractivity contribution in [3.8, 4) is 5.75 Å². The fourth-order valence-electron chi connectivity index (χ4n) is 4.01. The van der Waals surface area contributed by atoms with Gasteiger partial charge in [0.25, 0.3) is 15.9 Å². The standard InChI is InChI=1S/C28H31FN2O4S/c1-19-5-12-23(13-6-19)36(33,34)31-18-26(27(32)30-16-15-20-7-10-22(29)11-8-20)35-25-14-9-21(17-24(25)31)28(2,3)4/h5-14,17,26H,15-16,18H2,1-4H3,(H,30,32)/t26-/m1/s1. The van der Waals surface area contributed by atoms with E-state index < -0.39 is 22.0 Å². The quantitative estimate of drug-likeness (QED) is 0.520. The third kappa shape index (κ3) is 5.54. The van der Waals surface area contributed by atoms with Gasteiger partial charge in [-0.1, -0.05) is 56.7 Å². The third-order valence-electron chi connectivity index (χ3n) is 6.22. The molecule has 0 radical (unpaired) electrons. The Morgan fingerprint density at radius 1 is 1.06 bits per heavy atom. The zero-order valence-corrected chi connectivity index (χ0v) is 21.7. The Bertz CT molecular complexity index is 1350. The molecule has 1 heterocycles. The molecule has 0 bridgehead atoms. The van der Waals surface area contributed by atoms with E-state index in [-0.39, 0.29) is 22.7 Å². The van der Waals surface area contributed by atoms with Crippen molar-refractivity contribution in [2.45, 2.75) is 50.5 Å². The summed E-state index contributed by atoms with van der Waals surface area (Å²) in [5.41, 5.74) is 2.99. The van der Waals surface area contributed by atoms with Gasteiger partial charge in [0.15, 0.2) is 6.10 Å². The Morgan fingerprint density at radius 2 is 1.72 bits per heavy atom. The van der Waals surface area contributed by atoms with Crippen molar-refractivity contribution in [3.05, 3.63) is 89.2 Å². The van der Waals surface area contributed by atoms with Gasteiger partial charge in [-0.3, -0.25) is 9.10 Å². The van der Waals surface area contributed by atoms with Gasteiger partial charge in [-0.15, -0.1) is 0 Å². The SMILES string of the molecule is Cc1ccc(S(=O)(=O)N2C[C@H](C(=O)NCCc3ccc(F)cc3)Oc3ccc(C(C)(C)C)cc32)cc1. The van der Waals surface area contributed by atoms with E-state index in [1.165, 1.54) is 16.4 Å². The van der Waals surface area contributed by atoms with Crippen molar-refractivity contribution in [1.29, 1.82) is 0 Å². The lowest BCUT2D eigenvalue weighted by atomic mass is 9.86. The van der Waals surface area contributed by atoms with Crippen LogP contribution in [0.15, 0.2) is 71.6 Å². The average molecular weight is 511 g/mol. The first-order valence-electron chi connectivity index (χ1n) is 11.9. The number of nitrogens with one attached hydrogen (secondary N) is 1. The molecule has 0 saturated heterocycles. The van der Waals surface area contributed by atoms with Gasteiger partial charge >= 0.3 is 0 Å². The number of fused-ring (bicyclic) bond motifs is 1. The maximum atomic E-state index is 13.7. The second-order valence-electron chi connectivity index (χ2n) is 10.1. The van der Waals surface area contributed by atoms with Gasteiger partial charge in [0.05, 0.1) is 17.1 Å². The summed E-state index contributed by atoms with van der Waals surface area (Å²) in [7, 11) is -3.95. The van der Waals surface area contributed by atoms with Crippen LogP contribution in [0.25, 0.3) is 0 Å². The topological polar surface area (TPSA) is 75.7 Å². The zero-order chi connectivity index (χ0) is 26.1. The molecule has 8 heteroatoms. The molecule has 0 aliphatic carbocycles. The normalized spacial score (nSPS) is 15.7. The predicted octanol–water partition coefficient (Wildman–Crippen LogP) is 4.75. The van der Waals surface area contributed by atoms with Crippen molar-refractivity contribution in [3.63, 3.8) is 0 Å². The van der Waals surface area contributed by atoms with Crippen molar-refractivity contribution >= 4 is 21.6 Å². The smallest absolute Gasteiger partial charge is 0.264 e. The number of benzene rings is 3.